The van der Waals surface area contributed by atoms with Gasteiger partial charge in [-0.1, -0.05) is 125 Å². The molecule has 2 unspecified atom stereocenters. The number of allylic oxidation sites excluding steroid dienone is 21. The zero-order valence-electron chi connectivity index (χ0n) is 19.6. The molecule has 2 atom stereocenters. The van der Waals surface area contributed by atoms with Crippen molar-refractivity contribution < 1.29 is 0 Å². The Morgan fingerprint density at radius 1 is 1.03 bits per heavy atom. The average molecular weight is 409 g/mol. The molecule has 0 amide bonds. The Morgan fingerprint density at radius 2 is 1.77 bits per heavy atom. The van der Waals surface area contributed by atoms with Crippen molar-refractivity contribution in [3.8, 4) is 0 Å². The lowest BCUT2D eigenvalue weighted by Crippen LogP contribution is -2.27. The van der Waals surface area contributed by atoms with Gasteiger partial charge >= 0.3 is 0 Å². The highest BCUT2D eigenvalue weighted by molar-refractivity contribution is 5.76. The van der Waals surface area contributed by atoms with Gasteiger partial charge in [0.15, 0.2) is 0 Å². The molecule has 0 aromatic rings. The summed E-state index contributed by atoms with van der Waals surface area (Å²) in [5.41, 5.74) is 6.84. The maximum atomic E-state index is 4.21. The normalized spacial score (nSPS) is 24.6. The van der Waals surface area contributed by atoms with E-state index in [4.69, 9.17) is 0 Å². The Labute approximate surface area is 189 Å². The fourth-order valence-electron chi connectivity index (χ4n) is 4.47. The molecule has 0 saturated carbocycles. The van der Waals surface area contributed by atoms with Crippen LogP contribution < -0.4 is 0 Å². The van der Waals surface area contributed by atoms with Crippen LogP contribution in [0.15, 0.2) is 144 Å². The van der Waals surface area contributed by atoms with Gasteiger partial charge in [0.05, 0.1) is 5.41 Å². The zero-order chi connectivity index (χ0) is 22.9. The molecule has 0 bridgehead atoms. The fourth-order valence-corrected chi connectivity index (χ4v) is 4.47. The van der Waals surface area contributed by atoms with Crippen LogP contribution in [0.1, 0.15) is 34.1 Å². The third kappa shape index (κ3) is 4.49. The summed E-state index contributed by atoms with van der Waals surface area (Å²) in [4.78, 5) is 0. The van der Waals surface area contributed by atoms with Gasteiger partial charge in [0.2, 0.25) is 0 Å². The van der Waals surface area contributed by atoms with Crippen LogP contribution in [0.3, 0.4) is 0 Å². The van der Waals surface area contributed by atoms with Gasteiger partial charge in [0.25, 0.3) is 0 Å². The van der Waals surface area contributed by atoms with Crippen LogP contribution in [-0.2, 0) is 0 Å². The van der Waals surface area contributed by atoms with Crippen LogP contribution in [0.4, 0.5) is 0 Å². The van der Waals surface area contributed by atoms with E-state index in [2.05, 4.69) is 114 Å². The van der Waals surface area contributed by atoms with E-state index in [1.54, 1.807) is 0 Å². The minimum Gasteiger partial charge on any atom is -0.0991 e. The number of rotatable bonds is 9. The summed E-state index contributed by atoms with van der Waals surface area (Å²) in [7, 11) is 0. The molecular weight excluding hydrogens is 372 g/mol. The summed E-state index contributed by atoms with van der Waals surface area (Å²) >= 11 is 0. The van der Waals surface area contributed by atoms with Gasteiger partial charge in [-0.25, -0.2) is 0 Å². The lowest BCUT2D eigenvalue weighted by molar-refractivity contribution is 0.677. The maximum absolute atomic E-state index is 4.21. The van der Waals surface area contributed by atoms with E-state index in [0.29, 0.717) is 5.92 Å². The molecule has 0 nitrogen and oxygen atoms in total. The topological polar surface area (TPSA) is 0 Å². The quantitative estimate of drug-likeness (QED) is 0.334. The predicted molar refractivity (Wildman–Crippen MR) is 140 cm³/mol. The first kappa shape index (κ1) is 24.2. The standard InChI is InChI=1S/C31H36/c1-8-14-18-25(12-5)31(26(16-10-3)17-11-4)29(19-15-9-2)27(13-6)28-22-20-24(7)21-23-30(28)31/h8,10-24H,1,3,6,9H2,2,4-5,7H3/b17-11-,18-14-,19-15-,25-12+,26-16+. The molecule has 2 aliphatic rings. The second-order valence-corrected chi connectivity index (χ2v) is 7.69. The van der Waals surface area contributed by atoms with Crippen LogP contribution in [0.5, 0.6) is 0 Å². The molecule has 0 heterocycles. The van der Waals surface area contributed by atoms with Crippen LogP contribution in [-0.4, -0.2) is 0 Å². The molecule has 2 rings (SSSR count). The smallest absolute Gasteiger partial charge is 0.0710 e. The van der Waals surface area contributed by atoms with E-state index >= 15 is 0 Å². The monoisotopic (exact) mass is 408 g/mol. The fraction of sp³-hybridized carbons (Fsp3) is 0.226. The van der Waals surface area contributed by atoms with Gasteiger partial charge < -0.3 is 0 Å². The average Bonchev–Trinajstić information content (AvgIpc) is 2.88. The van der Waals surface area contributed by atoms with E-state index < -0.39 is 5.41 Å². The minimum atomic E-state index is -0.468. The maximum Gasteiger partial charge on any atom is 0.0710 e. The van der Waals surface area contributed by atoms with Gasteiger partial charge in [0.1, 0.15) is 0 Å². The van der Waals surface area contributed by atoms with Gasteiger partial charge in [-0.05, 0) is 59.6 Å². The highest BCUT2D eigenvalue weighted by atomic mass is 14.5. The van der Waals surface area contributed by atoms with Crippen molar-refractivity contribution in [1.29, 1.82) is 0 Å². The molecule has 0 aliphatic heterocycles. The minimum absolute atomic E-state index is 0.371. The van der Waals surface area contributed by atoms with Gasteiger partial charge in [-0.2, -0.15) is 0 Å². The van der Waals surface area contributed by atoms with Crippen LogP contribution >= 0.6 is 0 Å². The highest BCUT2D eigenvalue weighted by Crippen LogP contribution is 2.59. The third-order valence-electron chi connectivity index (χ3n) is 5.77. The first-order valence-electron chi connectivity index (χ1n) is 11.1. The van der Waals surface area contributed by atoms with E-state index in [1.165, 1.54) is 33.4 Å². The van der Waals surface area contributed by atoms with E-state index in [9.17, 15) is 0 Å². The first-order chi connectivity index (χ1) is 15.1. The Bertz CT molecular complexity index is 989. The van der Waals surface area contributed by atoms with Gasteiger partial charge in [-0.3, -0.25) is 0 Å². The second kappa shape index (κ2) is 11.3. The first-order valence-corrected chi connectivity index (χ1v) is 11.1. The molecule has 0 aromatic heterocycles. The molecule has 2 aliphatic carbocycles. The molecular formula is C31H36. The molecule has 0 aromatic carbocycles. The van der Waals surface area contributed by atoms with Gasteiger partial charge in [0, 0.05) is 0 Å². The van der Waals surface area contributed by atoms with Crippen molar-refractivity contribution in [2.75, 3.05) is 0 Å². The Kier molecular flexibility index (Phi) is 8.82. The molecule has 31 heavy (non-hydrogen) atoms. The molecule has 0 N–H and O–H groups in total. The molecule has 0 spiro atoms. The molecule has 0 saturated heterocycles. The Hall–Kier alpha value is -3.12. The lowest BCUT2D eigenvalue weighted by Gasteiger charge is -2.37. The SMILES string of the molecule is C=C/C=C\C(=C/C)C1(C(/C=C\C)=C/C=C)C2=C(C=CC(C)C=C2)C(C=C)=C1/C=C\CC. The summed E-state index contributed by atoms with van der Waals surface area (Å²) in [6, 6.07) is 0. The largest absolute Gasteiger partial charge is 0.0991 e. The van der Waals surface area contributed by atoms with Crippen molar-refractivity contribution >= 4 is 0 Å². The van der Waals surface area contributed by atoms with E-state index in [-0.39, 0.29) is 0 Å². The zero-order valence-corrected chi connectivity index (χ0v) is 19.6. The highest BCUT2D eigenvalue weighted by Gasteiger charge is 2.47. The summed E-state index contributed by atoms with van der Waals surface area (Å²) in [5, 5.41) is 0. The molecule has 0 radical (unpaired) electrons. The summed E-state index contributed by atoms with van der Waals surface area (Å²) in [6.45, 7) is 20.7. The third-order valence-corrected chi connectivity index (χ3v) is 5.77. The van der Waals surface area contributed by atoms with E-state index in [0.717, 1.165) is 6.42 Å². The van der Waals surface area contributed by atoms with Gasteiger partial charge in [-0.15, -0.1) is 0 Å². The van der Waals surface area contributed by atoms with Crippen molar-refractivity contribution in [2.24, 2.45) is 11.3 Å². The van der Waals surface area contributed by atoms with Crippen LogP contribution in [0.2, 0.25) is 0 Å². The lowest BCUT2D eigenvalue weighted by atomic mass is 9.64. The van der Waals surface area contributed by atoms with Crippen molar-refractivity contribution in [2.45, 2.75) is 34.1 Å². The number of hydrogen-bond acceptors (Lipinski definition) is 0. The summed E-state index contributed by atoms with van der Waals surface area (Å²) in [5.74, 6) is 0.371. The van der Waals surface area contributed by atoms with Crippen molar-refractivity contribution in [1.82, 2.24) is 0 Å². The molecule has 160 valence electrons. The second-order valence-electron chi connectivity index (χ2n) is 7.69. The van der Waals surface area contributed by atoms with Crippen LogP contribution in [0, 0.1) is 11.3 Å². The van der Waals surface area contributed by atoms with E-state index in [1.807, 2.05) is 24.3 Å². The molecule has 0 heteroatoms. The van der Waals surface area contributed by atoms with Crippen LogP contribution in [0.25, 0.3) is 0 Å². The number of hydrogen-bond donors (Lipinski definition) is 0. The molecule has 0 fully saturated rings. The summed E-state index contributed by atoms with van der Waals surface area (Å²) < 4.78 is 0. The predicted octanol–water partition coefficient (Wildman–Crippen LogP) is 8.87. The Morgan fingerprint density at radius 3 is 2.35 bits per heavy atom. The van der Waals surface area contributed by atoms with Crippen molar-refractivity contribution in [3.05, 3.63) is 144 Å². The summed E-state index contributed by atoms with van der Waals surface area (Å²) in [6.07, 6.45) is 33.2. The van der Waals surface area contributed by atoms with Crippen molar-refractivity contribution in [3.63, 3.8) is 0 Å². The Balaban J connectivity index is 3.15.